The van der Waals surface area contributed by atoms with E-state index in [1.165, 1.54) is 16.3 Å². The summed E-state index contributed by atoms with van der Waals surface area (Å²) in [6, 6.07) is 22.4. The van der Waals surface area contributed by atoms with Crippen LogP contribution in [0, 0.1) is 6.92 Å². The normalized spacial score (nSPS) is 10.6. The lowest BCUT2D eigenvalue weighted by molar-refractivity contribution is -0.117. The average molecular weight is 289 g/mol. The third-order valence-corrected chi connectivity index (χ3v) is 3.96. The fraction of sp³-hybridized carbons (Fsp3) is 0.150. The van der Waals surface area contributed by atoms with Gasteiger partial charge in [-0.25, -0.2) is 0 Å². The van der Waals surface area contributed by atoms with E-state index in [1.54, 1.807) is 4.90 Å². The van der Waals surface area contributed by atoms with Gasteiger partial charge in [-0.3, -0.25) is 4.79 Å². The minimum atomic E-state index is 0.0964. The Morgan fingerprint density at radius 2 is 1.59 bits per heavy atom. The van der Waals surface area contributed by atoms with Crippen LogP contribution in [0.5, 0.6) is 0 Å². The number of benzene rings is 3. The van der Waals surface area contributed by atoms with E-state index in [2.05, 4.69) is 24.3 Å². The van der Waals surface area contributed by atoms with Gasteiger partial charge in [-0.15, -0.1) is 0 Å². The number of carbonyl (C=O) groups excluding carboxylic acids is 1. The Hall–Kier alpha value is -2.61. The topological polar surface area (TPSA) is 20.3 Å². The zero-order valence-corrected chi connectivity index (χ0v) is 12.9. The third-order valence-electron chi connectivity index (χ3n) is 3.96. The maximum Gasteiger partial charge on any atom is 0.231 e. The minimum Gasteiger partial charge on any atom is -0.315 e. The largest absolute Gasteiger partial charge is 0.315 e. The molecule has 3 aromatic carbocycles. The first kappa shape index (κ1) is 14.3. The van der Waals surface area contributed by atoms with Crippen LogP contribution in [-0.4, -0.2) is 13.0 Å². The highest BCUT2D eigenvalue weighted by atomic mass is 16.2. The second-order valence-electron chi connectivity index (χ2n) is 5.65. The van der Waals surface area contributed by atoms with Gasteiger partial charge in [0.05, 0.1) is 6.42 Å². The zero-order chi connectivity index (χ0) is 15.5. The van der Waals surface area contributed by atoms with Crippen molar-refractivity contribution >= 4 is 22.4 Å². The number of hydrogen-bond acceptors (Lipinski definition) is 1. The summed E-state index contributed by atoms with van der Waals surface area (Å²) in [5.41, 5.74) is 3.16. The monoisotopic (exact) mass is 289 g/mol. The Morgan fingerprint density at radius 3 is 2.32 bits per heavy atom. The zero-order valence-electron chi connectivity index (χ0n) is 12.9. The molecule has 0 heterocycles. The average Bonchev–Trinajstić information content (AvgIpc) is 2.55. The lowest BCUT2D eigenvalue weighted by Gasteiger charge is -2.17. The third kappa shape index (κ3) is 3.01. The van der Waals surface area contributed by atoms with Crippen LogP contribution in [-0.2, 0) is 11.2 Å². The Bertz CT molecular complexity index is 805. The fourth-order valence-electron chi connectivity index (χ4n) is 2.55. The van der Waals surface area contributed by atoms with Crippen molar-refractivity contribution in [3.8, 4) is 0 Å². The molecule has 2 heteroatoms. The number of amides is 1. The molecule has 3 aromatic rings. The van der Waals surface area contributed by atoms with E-state index in [-0.39, 0.29) is 5.91 Å². The van der Waals surface area contributed by atoms with Crippen LogP contribution in [0.25, 0.3) is 10.8 Å². The van der Waals surface area contributed by atoms with E-state index in [0.717, 1.165) is 11.3 Å². The van der Waals surface area contributed by atoms with Crippen molar-refractivity contribution < 1.29 is 4.79 Å². The van der Waals surface area contributed by atoms with E-state index in [9.17, 15) is 4.79 Å². The van der Waals surface area contributed by atoms with Crippen LogP contribution < -0.4 is 4.90 Å². The predicted octanol–water partition coefficient (Wildman–Crippen LogP) is 4.35. The minimum absolute atomic E-state index is 0.0964. The van der Waals surface area contributed by atoms with Gasteiger partial charge < -0.3 is 4.90 Å². The molecule has 0 unspecified atom stereocenters. The van der Waals surface area contributed by atoms with Gasteiger partial charge in [-0.1, -0.05) is 60.2 Å². The van der Waals surface area contributed by atoms with Gasteiger partial charge in [0.25, 0.3) is 0 Å². The maximum absolute atomic E-state index is 12.5. The number of nitrogens with zero attached hydrogens (tertiary/aromatic N) is 1. The number of likely N-dealkylation sites (N-methyl/N-ethyl adjacent to an activating group) is 1. The van der Waals surface area contributed by atoms with Crippen molar-refractivity contribution in [3.63, 3.8) is 0 Å². The SMILES string of the molecule is Cc1ccc(N(C)C(=O)Cc2ccc3ccccc3c2)cc1. The first-order chi connectivity index (χ1) is 10.6. The van der Waals surface area contributed by atoms with Gasteiger partial charge in [-0.05, 0) is 35.4 Å². The molecule has 22 heavy (non-hydrogen) atoms. The van der Waals surface area contributed by atoms with Gasteiger partial charge in [0.2, 0.25) is 5.91 Å². The molecule has 0 aliphatic rings. The summed E-state index contributed by atoms with van der Waals surface area (Å²) < 4.78 is 0. The highest BCUT2D eigenvalue weighted by molar-refractivity contribution is 5.95. The molecule has 110 valence electrons. The van der Waals surface area contributed by atoms with Crippen LogP contribution in [0.3, 0.4) is 0 Å². The molecule has 0 radical (unpaired) electrons. The highest BCUT2D eigenvalue weighted by Gasteiger charge is 2.11. The Kier molecular flexibility index (Phi) is 3.92. The first-order valence-corrected chi connectivity index (χ1v) is 7.44. The lowest BCUT2D eigenvalue weighted by Crippen LogP contribution is -2.27. The molecule has 0 saturated carbocycles. The molecule has 0 atom stereocenters. The van der Waals surface area contributed by atoms with E-state index in [0.29, 0.717) is 6.42 Å². The van der Waals surface area contributed by atoms with Crippen LogP contribution in [0.4, 0.5) is 5.69 Å². The van der Waals surface area contributed by atoms with E-state index in [1.807, 2.05) is 56.4 Å². The molecule has 0 aliphatic heterocycles. The van der Waals surface area contributed by atoms with Crippen molar-refractivity contribution in [1.29, 1.82) is 0 Å². The number of fused-ring (bicyclic) bond motifs is 1. The van der Waals surface area contributed by atoms with Gasteiger partial charge in [-0.2, -0.15) is 0 Å². The quantitative estimate of drug-likeness (QED) is 0.702. The van der Waals surface area contributed by atoms with Crippen LogP contribution >= 0.6 is 0 Å². The molecule has 0 saturated heterocycles. The first-order valence-electron chi connectivity index (χ1n) is 7.44. The Balaban J connectivity index is 1.78. The van der Waals surface area contributed by atoms with Crippen LogP contribution in [0.2, 0.25) is 0 Å². The smallest absolute Gasteiger partial charge is 0.231 e. The highest BCUT2D eigenvalue weighted by Crippen LogP contribution is 2.18. The molecule has 0 N–H and O–H groups in total. The predicted molar refractivity (Wildman–Crippen MR) is 92.2 cm³/mol. The molecule has 2 nitrogen and oxygen atoms in total. The van der Waals surface area contributed by atoms with Crippen molar-refractivity contribution in [2.75, 3.05) is 11.9 Å². The second-order valence-corrected chi connectivity index (χ2v) is 5.65. The number of hydrogen-bond donors (Lipinski definition) is 0. The summed E-state index contributed by atoms with van der Waals surface area (Å²) in [6.45, 7) is 2.04. The number of anilines is 1. The fourth-order valence-corrected chi connectivity index (χ4v) is 2.55. The number of aryl methyl sites for hydroxylation is 1. The molecule has 1 amide bonds. The van der Waals surface area contributed by atoms with Gasteiger partial charge in [0.1, 0.15) is 0 Å². The van der Waals surface area contributed by atoms with Crippen molar-refractivity contribution in [1.82, 2.24) is 0 Å². The maximum atomic E-state index is 12.5. The molecule has 0 aliphatic carbocycles. The van der Waals surface area contributed by atoms with Crippen molar-refractivity contribution in [3.05, 3.63) is 77.9 Å². The van der Waals surface area contributed by atoms with E-state index < -0.39 is 0 Å². The summed E-state index contributed by atoms with van der Waals surface area (Å²) in [5, 5.41) is 2.37. The lowest BCUT2D eigenvalue weighted by atomic mass is 10.0. The van der Waals surface area contributed by atoms with Gasteiger partial charge >= 0.3 is 0 Å². The molecule has 0 bridgehead atoms. The molecule has 0 spiro atoms. The Morgan fingerprint density at radius 1 is 0.909 bits per heavy atom. The van der Waals surface area contributed by atoms with Crippen LogP contribution in [0.1, 0.15) is 11.1 Å². The van der Waals surface area contributed by atoms with E-state index >= 15 is 0 Å². The standard InChI is InChI=1S/C20H19NO/c1-15-7-11-19(12-8-15)21(2)20(22)14-16-9-10-17-5-3-4-6-18(17)13-16/h3-13H,14H2,1-2H3. The van der Waals surface area contributed by atoms with Crippen molar-refractivity contribution in [2.45, 2.75) is 13.3 Å². The van der Waals surface area contributed by atoms with Crippen molar-refractivity contribution in [2.24, 2.45) is 0 Å². The molecule has 0 aromatic heterocycles. The number of rotatable bonds is 3. The van der Waals surface area contributed by atoms with Gasteiger partial charge in [0.15, 0.2) is 0 Å². The summed E-state index contributed by atoms with van der Waals surface area (Å²) in [7, 11) is 1.83. The Labute approximate surface area is 131 Å². The summed E-state index contributed by atoms with van der Waals surface area (Å²) in [4.78, 5) is 14.2. The van der Waals surface area contributed by atoms with Gasteiger partial charge in [0, 0.05) is 12.7 Å². The summed E-state index contributed by atoms with van der Waals surface area (Å²) >= 11 is 0. The second kappa shape index (κ2) is 6.02. The molecule has 0 fully saturated rings. The molecular weight excluding hydrogens is 270 g/mol. The van der Waals surface area contributed by atoms with E-state index in [4.69, 9.17) is 0 Å². The summed E-state index contributed by atoms with van der Waals surface area (Å²) in [5.74, 6) is 0.0964. The molecular formula is C20H19NO. The summed E-state index contributed by atoms with van der Waals surface area (Å²) in [6.07, 6.45) is 0.412. The molecule has 3 rings (SSSR count). The van der Waals surface area contributed by atoms with Crippen LogP contribution in [0.15, 0.2) is 66.7 Å². The number of carbonyl (C=O) groups is 1.